The summed E-state index contributed by atoms with van der Waals surface area (Å²) in [4.78, 5) is 23.6. The van der Waals surface area contributed by atoms with Crippen molar-refractivity contribution in [3.8, 4) is 0 Å². The van der Waals surface area contributed by atoms with Crippen molar-refractivity contribution in [2.24, 2.45) is 0 Å². The normalized spacial score (nSPS) is 19.6. The fourth-order valence-corrected chi connectivity index (χ4v) is 3.47. The maximum absolute atomic E-state index is 12.6. The van der Waals surface area contributed by atoms with E-state index in [1.165, 1.54) is 0 Å². The van der Waals surface area contributed by atoms with Crippen LogP contribution in [0.25, 0.3) is 0 Å². The molecular formula is C19H37N3O10S. The van der Waals surface area contributed by atoms with E-state index in [0.717, 1.165) is 4.31 Å². The third-order valence-corrected chi connectivity index (χ3v) is 5.32. The fraction of sp³-hybridized carbons (Fsp3) is 0.895. The first-order chi connectivity index (χ1) is 15.6. The zero-order chi connectivity index (χ0) is 24.6. The highest BCUT2D eigenvalue weighted by molar-refractivity contribution is 7.87. The molecular weight excluding hydrogens is 462 g/mol. The van der Waals surface area contributed by atoms with Crippen LogP contribution in [0, 0.1) is 0 Å². The van der Waals surface area contributed by atoms with Gasteiger partial charge in [-0.1, -0.05) is 0 Å². The molecule has 194 valence electrons. The Morgan fingerprint density at radius 3 is 1.85 bits per heavy atom. The molecule has 0 atom stereocenters. The molecule has 0 radical (unpaired) electrons. The van der Waals surface area contributed by atoms with Crippen molar-refractivity contribution in [1.82, 2.24) is 14.3 Å². The molecule has 1 aliphatic rings. The SMILES string of the molecule is CC(C)(C)OC(=O)COC(=O)NS(=O)(=O)N1CCOCCOCCNCCOCCOCC1. The van der Waals surface area contributed by atoms with Crippen molar-refractivity contribution in [3.63, 3.8) is 0 Å². The number of rotatable bonds is 4. The quantitative estimate of drug-likeness (QED) is 0.471. The Morgan fingerprint density at radius 2 is 1.36 bits per heavy atom. The molecule has 1 rings (SSSR count). The lowest BCUT2D eigenvalue weighted by Crippen LogP contribution is -2.46. The summed E-state index contributed by atoms with van der Waals surface area (Å²) in [6, 6.07) is 0. The summed E-state index contributed by atoms with van der Waals surface area (Å²) in [5.41, 5.74) is -0.760. The van der Waals surface area contributed by atoms with Gasteiger partial charge in [-0.3, -0.25) is 0 Å². The molecule has 1 amide bonds. The Labute approximate surface area is 195 Å². The average Bonchev–Trinajstić information content (AvgIpc) is 2.70. The van der Waals surface area contributed by atoms with Gasteiger partial charge in [-0.05, 0) is 20.8 Å². The van der Waals surface area contributed by atoms with E-state index in [2.05, 4.69) is 10.1 Å². The van der Waals surface area contributed by atoms with Gasteiger partial charge in [-0.2, -0.15) is 12.7 Å². The van der Waals surface area contributed by atoms with Crippen molar-refractivity contribution in [2.75, 3.05) is 85.6 Å². The van der Waals surface area contributed by atoms with Crippen LogP contribution in [-0.4, -0.2) is 116 Å². The molecule has 33 heavy (non-hydrogen) atoms. The van der Waals surface area contributed by atoms with Gasteiger partial charge in [-0.25, -0.2) is 14.3 Å². The second-order valence-corrected chi connectivity index (χ2v) is 9.54. The molecule has 14 heteroatoms. The van der Waals surface area contributed by atoms with Gasteiger partial charge in [0.15, 0.2) is 6.61 Å². The fourth-order valence-electron chi connectivity index (χ4n) is 2.44. The van der Waals surface area contributed by atoms with Gasteiger partial charge in [0.1, 0.15) is 5.60 Å². The van der Waals surface area contributed by atoms with E-state index in [1.807, 2.05) is 0 Å². The first-order valence-corrected chi connectivity index (χ1v) is 12.2. The summed E-state index contributed by atoms with van der Waals surface area (Å²) in [6.45, 7) is 8.05. The molecule has 1 fully saturated rings. The predicted octanol–water partition coefficient (Wildman–Crippen LogP) is -0.729. The molecule has 0 aliphatic carbocycles. The predicted molar refractivity (Wildman–Crippen MR) is 117 cm³/mol. The Bertz CT molecular complexity index is 651. The van der Waals surface area contributed by atoms with Crippen LogP contribution in [0.1, 0.15) is 20.8 Å². The number of esters is 1. The van der Waals surface area contributed by atoms with Crippen LogP contribution in [-0.2, 0) is 43.4 Å². The summed E-state index contributed by atoms with van der Waals surface area (Å²) < 4.78 is 59.3. The van der Waals surface area contributed by atoms with Crippen LogP contribution in [0.3, 0.4) is 0 Å². The lowest BCUT2D eigenvalue weighted by Gasteiger charge is -2.22. The highest BCUT2D eigenvalue weighted by atomic mass is 32.2. The van der Waals surface area contributed by atoms with Crippen molar-refractivity contribution in [2.45, 2.75) is 26.4 Å². The summed E-state index contributed by atoms with van der Waals surface area (Å²) in [7, 11) is -4.27. The zero-order valence-corrected chi connectivity index (χ0v) is 20.4. The number of ether oxygens (including phenoxy) is 6. The minimum Gasteiger partial charge on any atom is -0.457 e. The van der Waals surface area contributed by atoms with Gasteiger partial charge in [0.05, 0.1) is 52.9 Å². The maximum atomic E-state index is 12.6. The number of nitrogens with one attached hydrogen (secondary N) is 2. The molecule has 1 heterocycles. The molecule has 0 aromatic rings. The van der Waals surface area contributed by atoms with Crippen LogP contribution >= 0.6 is 0 Å². The standard InChI is InChI=1S/C19H37N3O10S/c1-19(2,3)32-17(23)16-31-18(24)21-33(25,26)22-6-10-29-14-12-27-8-4-20-5-9-28-13-15-30-11-7-22/h20H,4-16H2,1-3H3,(H,21,24). The second kappa shape index (κ2) is 16.1. The van der Waals surface area contributed by atoms with Gasteiger partial charge in [0, 0.05) is 26.2 Å². The Balaban J connectivity index is 2.56. The summed E-state index contributed by atoms with van der Waals surface area (Å²) in [6.07, 6.45) is -1.29. The van der Waals surface area contributed by atoms with Gasteiger partial charge in [-0.15, -0.1) is 0 Å². The van der Waals surface area contributed by atoms with E-state index in [4.69, 9.17) is 23.7 Å². The molecule has 0 aromatic carbocycles. The van der Waals surface area contributed by atoms with Crippen LogP contribution in [0.5, 0.6) is 0 Å². The third-order valence-electron chi connectivity index (χ3n) is 3.85. The van der Waals surface area contributed by atoms with E-state index < -0.39 is 34.5 Å². The molecule has 0 bridgehead atoms. The number of carbonyl (C=O) groups is 2. The molecule has 1 aliphatic heterocycles. The van der Waals surface area contributed by atoms with E-state index >= 15 is 0 Å². The summed E-state index contributed by atoms with van der Waals surface area (Å²) >= 11 is 0. The highest BCUT2D eigenvalue weighted by Crippen LogP contribution is 2.07. The molecule has 2 N–H and O–H groups in total. The van der Waals surface area contributed by atoms with Crippen LogP contribution in [0.4, 0.5) is 4.79 Å². The van der Waals surface area contributed by atoms with E-state index in [9.17, 15) is 18.0 Å². The van der Waals surface area contributed by atoms with Crippen molar-refractivity contribution < 1.29 is 46.4 Å². The molecule has 0 spiro atoms. The first-order valence-electron chi connectivity index (χ1n) is 10.8. The average molecular weight is 500 g/mol. The number of nitrogens with zero attached hydrogens (tertiary/aromatic N) is 1. The van der Waals surface area contributed by atoms with Crippen LogP contribution in [0.15, 0.2) is 0 Å². The number of hydrogen-bond donors (Lipinski definition) is 2. The topological polar surface area (TPSA) is 151 Å². The van der Waals surface area contributed by atoms with E-state index in [0.29, 0.717) is 52.7 Å². The molecule has 0 unspecified atom stereocenters. The lowest BCUT2D eigenvalue weighted by atomic mass is 10.2. The zero-order valence-electron chi connectivity index (χ0n) is 19.6. The summed E-state index contributed by atoms with van der Waals surface area (Å²) in [5, 5.41) is 3.18. The van der Waals surface area contributed by atoms with E-state index in [1.54, 1.807) is 25.5 Å². The van der Waals surface area contributed by atoms with Crippen LogP contribution < -0.4 is 10.0 Å². The van der Waals surface area contributed by atoms with E-state index in [-0.39, 0.29) is 26.3 Å². The smallest absolute Gasteiger partial charge is 0.422 e. The van der Waals surface area contributed by atoms with Gasteiger partial charge >= 0.3 is 22.3 Å². The Morgan fingerprint density at radius 1 is 0.879 bits per heavy atom. The van der Waals surface area contributed by atoms with Gasteiger partial charge in [0.25, 0.3) is 0 Å². The Kier molecular flexibility index (Phi) is 14.4. The molecule has 0 saturated carbocycles. The highest BCUT2D eigenvalue weighted by Gasteiger charge is 2.26. The second-order valence-electron chi connectivity index (χ2n) is 7.87. The van der Waals surface area contributed by atoms with Crippen LogP contribution in [0.2, 0.25) is 0 Å². The largest absolute Gasteiger partial charge is 0.457 e. The monoisotopic (exact) mass is 499 g/mol. The number of carbonyl (C=O) groups excluding carboxylic acids is 2. The van der Waals surface area contributed by atoms with Crippen molar-refractivity contribution >= 4 is 22.3 Å². The van der Waals surface area contributed by atoms with Gasteiger partial charge in [0.2, 0.25) is 0 Å². The third kappa shape index (κ3) is 15.8. The number of hydrogen-bond acceptors (Lipinski definition) is 11. The summed E-state index contributed by atoms with van der Waals surface area (Å²) in [5.74, 6) is -0.798. The minimum absolute atomic E-state index is 0.0317. The van der Waals surface area contributed by atoms with Gasteiger partial charge < -0.3 is 33.7 Å². The molecule has 0 aromatic heterocycles. The number of amides is 1. The first kappa shape index (κ1) is 29.5. The lowest BCUT2D eigenvalue weighted by molar-refractivity contribution is -0.158. The van der Waals surface area contributed by atoms with Crippen molar-refractivity contribution in [3.05, 3.63) is 0 Å². The minimum atomic E-state index is -4.27. The Hall–Kier alpha value is -1.55. The maximum Gasteiger partial charge on any atom is 0.422 e. The van der Waals surface area contributed by atoms with Crippen molar-refractivity contribution in [1.29, 1.82) is 0 Å². The molecule has 13 nitrogen and oxygen atoms in total. The molecule has 1 saturated heterocycles.